The van der Waals surface area contributed by atoms with E-state index in [1.54, 1.807) is 14.2 Å². The zero-order chi connectivity index (χ0) is 13.9. The van der Waals surface area contributed by atoms with Crippen LogP contribution in [0.15, 0.2) is 42.3 Å². The molecule has 1 aromatic carbocycles. The molecular weight excluding hydrogens is 250 g/mol. The van der Waals surface area contributed by atoms with Crippen LogP contribution < -0.4 is 4.74 Å². The van der Waals surface area contributed by atoms with E-state index in [0.717, 1.165) is 41.2 Å². The first kappa shape index (κ1) is 12.7. The summed E-state index contributed by atoms with van der Waals surface area (Å²) in [7, 11) is 3.39. The van der Waals surface area contributed by atoms with E-state index in [9.17, 15) is 0 Å². The number of benzene rings is 1. The molecule has 0 amide bonds. The smallest absolute Gasteiger partial charge is 0.118 e. The summed E-state index contributed by atoms with van der Waals surface area (Å²) in [6, 6.07) is 10.2. The van der Waals surface area contributed by atoms with Crippen LogP contribution in [0.5, 0.6) is 5.75 Å². The highest BCUT2D eigenvalue weighted by Gasteiger charge is 2.12. The fourth-order valence-electron chi connectivity index (χ4n) is 2.44. The molecule has 0 spiro atoms. The number of fused-ring (bicyclic) bond motifs is 1. The highest BCUT2D eigenvalue weighted by Crippen LogP contribution is 2.28. The van der Waals surface area contributed by atoms with E-state index >= 15 is 0 Å². The normalized spacial score (nSPS) is 13.4. The molecule has 2 aromatic rings. The summed E-state index contributed by atoms with van der Waals surface area (Å²) in [5.41, 5.74) is 4.59. The number of nitrogens with zero attached hydrogens (tertiary/aromatic N) is 1. The van der Waals surface area contributed by atoms with Gasteiger partial charge in [-0.25, -0.2) is 0 Å². The lowest BCUT2D eigenvalue weighted by Crippen LogP contribution is -2.02. The molecule has 0 saturated carbocycles. The maximum Gasteiger partial charge on any atom is 0.118 e. The highest BCUT2D eigenvalue weighted by molar-refractivity contribution is 5.65. The molecule has 0 atom stereocenters. The van der Waals surface area contributed by atoms with Crippen molar-refractivity contribution in [2.24, 2.45) is 0 Å². The number of allylic oxidation sites excluding steroid dienone is 1. The third-order valence-electron chi connectivity index (χ3n) is 3.63. The van der Waals surface area contributed by atoms with Crippen molar-refractivity contribution in [3.8, 4) is 17.0 Å². The Bertz CT molecular complexity index is 645. The second-order valence-electron chi connectivity index (χ2n) is 4.81. The van der Waals surface area contributed by atoms with Gasteiger partial charge in [-0.05, 0) is 54.0 Å². The van der Waals surface area contributed by atoms with Crippen LogP contribution in [0, 0.1) is 0 Å². The third-order valence-corrected chi connectivity index (χ3v) is 3.63. The third kappa shape index (κ3) is 2.39. The van der Waals surface area contributed by atoms with Gasteiger partial charge in [0.05, 0.1) is 25.7 Å². The molecule has 3 heteroatoms. The van der Waals surface area contributed by atoms with Gasteiger partial charge >= 0.3 is 0 Å². The topological polar surface area (TPSA) is 31.4 Å². The Morgan fingerprint density at radius 1 is 1.00 bits per heavy atom. The molecule has 0 saturated heterocycles. The number of hydrogen-bond acceptors (Lipinski definition) is 3. The molecule has 0 N–H and O–H groups in total. The van der Waals surface area contributed by atoms with Gasteiger partial charge in [-0.15, -0.1) is 0 Å². The lowest BCUT2D eigenvalue weighted by atomic mass is 9.96. The first-order valence-electron chi connectivity index (χ1n) is 6.68. The Morgan fingerprint density at radius 2 is 1.80 bits per heavy atom. The van der Waals surface area contributed by atoms with Crippen molar-refractivity contribution in [1.82, 2.24) is 4.98 Å². The molecule has 0 aliphatic heterocycles. The molecule has 3 nitrogen and oxygen atoms in total. The number of hydrogen-bond donors (Lipinski definition) is 0. The number of rotatable bonds is 3. The predicted molar refractivity (Wildman–Crippen MR) is 79.5 cm³/mol. The van der Waals surface area contributed by atoms with Gasteiger partial charge < -0.3 is 9.47 Å². The van der Waals surface area contributed by atoms with Gasteiger partial charge in [-0.2, -0.15) is 0 Å². The SMILES string of the molecule is COC1=Cc2cnc(-c3ccc(OC)cc3)cc2CC1. The maximum absolute atomic E-state index is 5.31. The largest absolute Gasteiger partial charge is 0.501 e. The number of aromatic nitrogens is 1. The second-order valence-corrected chi connectivity index (χ2v) is 4.81. The van der Waals surface area contributed by atoms with E-state index in [-0.39, 0.29) is 0 Å². The van der Waals surface area contributed by atoms with Crippen molar-refractivity contribution in [1.29, 1.82) is 0 Å². The summed E-state index contributed by atoms with van der Waals surface area (Å²) < 4.78 is 10.5. The van der Waals surface area contributed by atoms with E-state index in [1.165, 1.54) is 5.56 Å². The van der Waals surface area contributed by atoms with Crippen molar-refractivity contribution >= 4 is 6.08 Å². The van der Waals surface area contributed by atoms with Crippen LogP contribution in [-0.2, 0) is 11.2 Å². The van der Waals surface area contributed by atoms with Crippen LogP contribution >= 0.6 is 0 Å². The number of ether oxygens (including phenoxy) is 2. The summed E-state index contributed by atoms with van der Waals surface area (Å²) in [6.07, 6.45) is 5.95. The van der Waals surface area contributed by atoms with Gasteiger partial charge in [0.2, 0.25) is 0 Å². The monoisotopic (exact) mass is 267 g/mol. The van der Waals surface area contributed by atoms with Crippen LogP contribution in [0.2, 0.25) is 0 Å². The molecule has 3 rings (SSSR count). The van der Waals surface area contributed by atoms with E-state index in [0.29, 0.717) is 0 Å². The summed E-state index contributed by atoms with van der Waals surface area (Å²) in [6.45, 7) is 0. The van der Waals surface area contributed by atoms with Gasteiger partial charge in [0.1, 0.15) is 5.75 Å². The van der Waals surface area contributed by atoms with Crippen molar-refractivity contribution in [3.05, 3.63) is 53.4 Å². The summed E-state index contributed by atoms with van der Waals surface area (Å²) >= 11 is 0. The van der Waals surface area contributed by atoms with Gasteiger partial charge in [0.25, 0.3) is 0 Å². The van der Waals surface area contributed by atoms with Crippen LogP contribution in [0.1, 0.15) is 17.5 Å². The van der Waals surface area contributed by atoms with Crippen molar-refractivity contribution in [3.63, 3.8) is 0 Å². The summed E-state index contributed by atoms with van der Waals surface area (Å²) in [5, 5.41) is 0. The molecule has 1 aromatic heterocycles. The molecule has 0 fully saturated rings. The Morgan fingerprint density at radius 3 is 2.50 bits per heavy atom. The fourth-order valence-corrected chi connectivity index (χ4v) is 2.44. The minimum Gasteiger partial charge on any atom is -0.501 e. The quantitative estimate of drug-likeness (QED) is 0.850. The Hall–Kier alpha value is -2.29. The van der Waals surface area contributed by atoms with Crippen LogP contribution in [0.25, 0.3) is 17.3 Å². The predicted octanol–water partition coefficient (Wildman–Crippen LogP) is 3.69. The Balaban J connectivity index is 1.94. The fraction of sp³-hybridized carbons (Fsp3) is 0.235. The van der Waals surface area contributed by atoms with E-state index < -0.39 is 0 Å². The van der Waals surface area contributed by atoms with Crippen molar-refractivity contribution in [2.45, 2.75) is 12.8 Å². The lowest BCUT2D eigenvalue weighted by Gasteiger charge is -2.16. The molecule has 0 unspecified atom stereocenters. The lowest BCUT2D eigenvalue weighted by molar-refractivity contribution is 0.280. The molecule has 1 heterocycles. The maximum atomic E-state index is 5.31. The van der Waals surface area contributed by atoms with Gasteiger partial charge in [-0.3, -0.25) is 4.98 Å². The molecule has 1 aliphatic rings. The van der Waals surface area contributed by atoms with Gasteiger partial charge in [-0.1, -0.05) is 0 Å². The minimum atomic E-state index is 0.861. The molecule has 0 radical (unpaired) electrons. The average molecular weight is 267 g/mol. The molecule has 0 bridgehead atoms. The van der Waals surface area contributed by atoms with E-state index in [4.69, 9.17) is 9.47 Å². The second kappa shape index (κ2) is 5.37. The zero-order valence-electron chi connectivity index (χ0n) is 11.7. The van der Waals surface area contributed by atoms with Crippen molar-refractivity contribution < 1.29 is 9.47 Å². The van der Waals surface area contributed by atoms with Crippen LogP contribution in [0.3, 0.4) is 0 Å². The zero-order valence-corrected chi connectivity index (χ0v) is 11.7. The van der Waals surface area contributed by atoms with E-state index in [1.807, 2.05) is 30.5 Å². The summed E-state index contributed by atoms with van der Waals surface area (Å²) in [5.74, 6) is 1.89. The Kier molecular flexibility index (Phi) is 3.42. The highest BCUT2D eigenvalue weighted by atomic mass is 16.5. The van der Waals surface area contributed by atoms with Gasteiger partial charge in [0, 0.05) is 18.2 Å². The first-order chi connectivity index (χ1) is 9.80. The van der Waals surface area contributed by atoms with Crippen LogP contribution in [0.4, 0.5) is 0 Å². The van der Waals surface area contributed by atoms with Crippen LogP contribution in [-0.4, -0.2) is 19.2 Å². The molecule has 20 heavy (non-hydrogen) atoms. The Labute approximate surface area is 118 Å². The molecule has 102 valence electrons. The van der Waals surface area contributed by atoms with Gasteiger partial charge in [0.15, 0.2) is 0 Å². The molecular formula is C17H17NO2. The first-order valence-corrected chi connectivity index (χ1v) is 6.68. The van der Waals surface area contributed by atoms with E-state index in [2.05, 4.69) is 17.1 Å². The standard InChI is InChI=1S/C17H17NO2/c1-19-15-6-3-12(4-7-15)17-10-13-5-8-16(20-2)9-14(13)11-18-17/h3-4,6-7,9-11H,5,8H2,1-2H3. The number of pyridine rings is 1. The number of methoxy groups -OCH3 is 2. The summed E-state index contributed by atoms with van der Waals surface area (Å²) in [4.78, 5) is 4.55. The van der Waals surface area contributed by atoms with Crippen molar-refractivity contribution in [2.75, 3.05) is 14.2 Å². The molecule has 1 aliphatic carbocycles. The number of aryl methyl sites for hydroxylation is 1. The average Bonchev–Trinajstić information content (AvgIpc) is 2.54. The minimum absolute atomic E-state index is 0.861.